The number of rotatable bonds is 7. The fourth-order valence-corrected chi connectivity index (χ4v) is 7.96. The summed E-state index contributed by atoms with van der Waals surface area (Å²) in [6.07, 6.45) is 14.5. The predicted molar refractivity (Wildman–Crippen MR) is 165 cm³/mol. The molecule has 242 valence electrons. The average Bonchev–Trinajstić information content (AvgIpc) is 3.70. The maximum absolute atomic E-state index is 14.8. The number of carbonyl (C=O) groups excluding carboxylic acids is 4. The lowest BCUT2D eigenvalue weighted by Gasteiger charge is -2.40. The van der Waals surface area contributed by atoms with Crippen molar-refractivity contribution in [2.45, 2.75) is 94.0 Å². The summed E-state index contributed by atoms with van der Waals surface area (Å²) in [4.78, 5) is 59.6. The standard InChI is InChI=1S/C35H45N3O7/c39-22-12-4-11-21-38-31-34(43)37(25-15-7-2-8-16-25)20-10-3-9-17-28(40)44-23-26(24-13-5-1-6-14-24)36-32(41)29-27-18-19-35(31,45-27)30(29)33(38)42/h1,3,5-6,10,13-14,18-19,25-27,29-31,39H,2,4,7-9,11-12,15-17,20-23H2,(H,36,41)/b10-3-/t26-,27-,29+,30+,31-,35+/m0/s1. The van der Waals surface area contributed by atoms with Crippen LogP contribution in [0.1, 0.15) is 75.8 Å². The highest BCUT2D eigenvalue weighted by Crippen LogP contribution is 2.55. The summed E-state index contributed by atoms with van der Waals surface area (Å²) in [6.45, 7) is 0.748. The first-order valence-electron chi connectivity index (χ1n) is 16.7. The van der Waals surface area contributed by atoms with Gasteiger partial charge in [0.15, 0.2) is 0 Å². The van der Waals surface area contributed by atoms with E-state index in [1.165, 1.54) is 0 Å². The number of fused-ring (bicyclic) bond motifs is 2. The van der Waals surface area contributed by atoms with Crippen LogP contribution in [0.2, 0.25) is 0 Å². The monoisotopic (exact) mass is 619 g/mol. The first-order chi connectivity index (χ1) is 21.9. The number of cyclic esters (lactones) is 1. The van der Waals surface area contributed by atoms with Crippen LogP contribution in [0.4, 0.5) is 0 Å². The molecule has 5 bridgehead atoms. The quantitative estimate of drug-likeness (QED) is 0.273. The van der Waals surface area contributed by atoms with Crippen molar-refractivity contribution >= 4 is 23.7 Å². The van der Waals surface area contributed by atoms with E-state index in [4.69, 9.17) is 9.47 Å². The van der Waals surface area contributed by atoms with Crippen molar-refractivity contribution in [2.75, 3.05) is 26.3 Å². The topological polar surface area (TPSA) is 125 Å². The Kier molecular flexibility index (Phi) is 9.70. The van der Waals surface area contributed by atoms with Gasteiger partial charge in [0.2, 0.25) is 17.7 Å². The molecule has 4 heterocycles. The van der Waals surface area contributed by atoms with Crippen LogP contribution in [0.3, 0.4) is 0 Å². The van der Waals surface area contributed by atoms with E-state index >= 15 is 0 Å². The van der Waals surface area contributed by atoms with Crippen molar-refractivity contribution in [3.05, 3.63) is 60.2 Å². The fraction of sp³-hybridized carbons (Fsp3) is 0.600. The molecule has 10 nitrogen and oxygen atoms in total. The number of hydrogen-bond donors (Lipinski definition) is 2. The molecule has 1 aromatic rings. The van der Waals surface area contributed by atoms with E-state index in [9.17, 15) is 24.3 Å². The second-order valence-electron chi connectivity index (χ2n) is 13.0. The molecule has 0 radical (unpaired) electrons. The van der Waals surface area contributed by atoms with E-state index < -0.39 is 35.6 Å². The Morgan fingerprint density at radius 1 is 0.956 bits per heavy atom. The molecular weight excluding hydrogens is 574 g/mol. The molecule has 4 aliphatic heterocycles. The Bertz CT molecular complexity index is 1310. The number of esters is 1. The van der Waals surface area contributed by atoms with Gasteiger partial charge in [-0.2, -0.15) is 0 Å². The van der Waals surface area contributed by atoms with Crippen molar-refractivity contribution < 1.29 is 33.8 Å². The molecule has 1 aliphatic carbocycles. The van der Waals surface area contributed by atoms with Gasteiger partial charge in [0.25, 0.3) is 0 Å². The number of aliphatic hydroxyl groups is 1. The van der Waals surface area contributed by atoms with Gasteiger partial charge < -0.3 is 29.7 Å². The molecule has 2 N–H and O–H groups in total. The second-order valence-corrected chi connectivity index (χ2v) is 13.0. The molecule has 45 heavy (non-hydrogen) atoms. The van der Waals surface area contributed by atoms with Gasteiger partial charge in [-0.25, -0.2) is 0 Å². The Morgan fingerprint density at radius 2 is 1.76 bits per heavy atom. The smallest absolute Gasteiger partial charge is 0.306 e. The number of amides is 3. The lowest BCUT2D eigenvalue weighted by atomic mass is 9.74. The third-order valence-corrected chi connectivity index (χ3v) is 10.2. The zero-order chi connectivity index (χ0) is 31.4. The summed E-state index contributed by atoms with van der Waals surface area (Å²) >= 11 is 0. The van der Waals surface area contributed by atoms with Crippen molar-refractivity contribution in [3.63, 3.8) is 0 Å². The van der Waals surface area contributed by atoms with E-state index in [2.05, 4.69) is 5.32 Å². The largest absolute Gasteiger partial charge is 0.463 e. The summed E-state index contributed by atoms with van der Waals surface area (Å²) in [6, 6.07) is 7.87. The molecule has 1 aromatic carbocycles. The average molecular weight is 620 g/mol. The van der Waals surface area contributed by atoms with Gasteiger partial charge in [0.05, 0.1) is 24.0 Å². The summed E-state index contributed by atoms with van der Waals surface area (Å²) in [7, 11) is 0. The van der Waals surface area contributed by atoms with Crippen molar-refractivity contribution in [1.82, 2.24) is 15.1 Å². The Hall–Kier alpha value is -3.50. The summed E-state index contributed by atoms with van der Waals surface area (Å²) in [5.41, 5.74) is -0.456. The van der Waals surface area contributed by atoms with Crippen molar-refractivity contribution in [2.24, 2.45) is 11.8 Å². The van der Waals surface area contributed by atoms with Gasteiger partial charge in [0, 0.05) is 32.2 Å². The third kappa shape index (κ3) is 6.19. The minimum Gasteiger partial charge on any atom is -0.463 e. The number of nitrogens with one attached hydrogen (secondary N) is 1. The van der Waals surface area contributed by atoms with E-state index in [0.29, 0.717) is 38.8 Å². The summed E-state index contributed by atoms with van der Waals surface area (Å²) < 4.78 is 12.2. The molecule has 0 unspecified atom stereocenters. The zero-order valence-corrected chi connectivity index (χ0v) is 25.9. The molecule has 3 fully saturated rings. The van der Waals surface area contributed by atoms with Gasteiger partial charge >= 0.3 is 5.97 Å². The molecule has 1 saturated carbocycles. The van der Waals surface area contributed by atoms with Gasteiger partial charge in [0.1, 0.15) is 18.2 Å². The van der Waals surface area contributed by atoms with Crippen LogP contribution >= 0.6 is 0 Å². The van der Waals surface area contributed by atoms with E-state index in [-0.39, 0.29) is 49.4 Å². The van der Waals surface area contributed by atoms with Gasteiger partial charge in [-0.15, -0.1) is 0 Å². The molecule has 10 heteroatoms. The van der Waals surface area contributed by atoms with Crippen LogP contribution in [0, 0.1) is 11.8 Å². The second kappa shape index (κ2) is 13.9. The number of hydrogen-bond acceptors (Lipinski definition) is 7. The third-order valence-electron chi connectivity index (χ3n) is 10.2. The molecule has 3 amide bonds. The Morgan fingerprint density at radius 3 is 2.53 bits per heavy atom. The van der Waals surface area contributed by atoms with Gasteiger partial charge in [-0.1, -0.05) is 73.9 Å². The van der Waals surface area contributed by atoms with Crippen LogP contribution in [-0.2, 0) is 28.7 Å². The number of carbonyl (C=O) groups is 4. The molecule has 1 spiro atoms. The normalized spacial score (nSPS) is 33.3. The van der Waals surface area contributed by atoms with E-state index in [1.54, 1.807) is 4.90 Å². The predicted octanol–water partition coefficient (Wildman–Crippen LogP) is 3.21. The van der Waals surface area contributed by atoms with Crippen LogP contribution in [-0.4, -0.2) is 88.7 Å². The van der Waals surface area contributed by atoms with Crippen molar-refractivity contribution in [1.29, 1.82) is 0 Å². The number of nitrogens with zero attached hydrogens (tertiary/aromatic N) is 2. The zero-order valence-electron chi connectivity index (χ0n) is 25.9. The molecule has 6 rings (SSSR count). The van der Waals surface area contributed by atoms with Gasteiger partial charge in [-0.3, -0.25) is 19.2 Å². The highest BCUT2D eigenvalue weighted by molar-refractivity contribution is 6.00. The minimum atomic E-state index is -1.24. The van der Waals surface area contributed by atoms with E-state index in [1.807, 2.05) is 59.5 Å². The number of ether oxygens (including phenoxy) is 2. The Balaban J connectivity index is 1.38. The lowest BCUT2D eigenvalue weighted by Crippen LogP contribution is -2.58. The van der Waals surface area contributed by atoms with Crippen LogP contribution in [0.25, 0.3) is 0 Å². The number of allylic oxidation sites excluding steroid dienone is 1. The SMILES string of the molecule is O=C1CC/C=C\CN(C2CCCCC2)C(=O)[C@@H]2N(CCCCCO)C(=O)[C@H]3[C@H](C(=O)N[C@H](c4ccccc4)CO1)[C@@H]1C=C[C@]23O1. The molecule has 0 aromatic heterocycles. The van der Waals surface area contributed by atoms with Crippen LogP contribution in [0.5, 0.6) is 0 Å². The minimum absolute atomic E-state index is 0.0380. The highest BCUT2D eigenvalue weighted by atomic mass is 16.5. The first-order valence-corrected chi connectivity index (χ1v) is 16.7. The van der Waals surface area contributed by atoms with Crippen molar-refractivity contribution in [3.8, 4) is 0 Å². The fourth-order valence-electron chi connectivity index (χ4n) is 7.96. The van der Waals surface area contributed by atoms with Gasteiger partial charge in [-0.05, 0) is 44.1 Å². The summed E-state index contributed by atoms with van der Waals surface area (Å²) in [5, 5.41) is 12.4. The number of aliphatic hydroxyl groups excluding tert-OH is 1. The number of likely N-dealkylation sites (tertiary alicyclic amines) is 1. The number of unbranched alkanes of at least 4 members (excludes halogenated alkanes) is 2. The van der Waals surface area contributed by atoms with Crippen LogP contribution in [0.15, 0.2) is 54.6 Å². The molecule has 5 aliphatic rings. The maximum atomic E-state index is 14.8. The van der Waals surface area contributed by atoms with E-state index in [0.717, 1.165) is 37.7 Å². The first kappa shape index (κ1) is 31.5. The molecule has 2 saturated heterocycles. The lowest BCUT2D eigenvalue weighted by molar-refractivity contribution is -0.149. The summed E-state index contributed by atoms with van der Waals surface area (Å²) in [5.74, 6) is -2.80. The Labute approximate surface area is 264 Å². The highest BCUT2D eigenvalue weighted by Gasteiger charge is 2.73. The molecule has 6 atom stereocenters. The maximum Gasteiger partial charge on any atom is 0.306 e. The van der Waals surface area contributed by atoms with Crippen LogP contribution < -0.4 is 5.32 Å². The molecular formula is C35H45N3O7. The number of benzene rings is 1.